The van der Waals surface area contributed by atoms with Crippen molar-refractivity contribution in [1.82, 2.24) is 15.2 Å². The number of nitrogens with zero attached hydrogens (tertiary/aromatic N) is 3. The fourth-order valence-corrected chi connectivity index (χ4v) is 3.20. The monoisotopic (exact) mass is 354 g/mol. The molecule has 3 aromatic rings. The van der Waals surface area contributed by atoms with Crippen LogP contribution in [0.2, 0.25) is 0 Å². The highest BCUT2D eigenvalue weighted by atomic mass is 19.1. The number of aromatic nitrogens is 2. The maximum Gasteiger partial charge on any atom is 0.230 e. The molecule has 2 amide bonds. The van der Waals surface area contributed by atoms with Crippen LogP contribution in [0.25, 0.3) is 11.0 Å². The zero-order valence-electron chi connectivity index (χ0n) is 13.9. The Balaban J connectivity index is 1.57. The van der Waals surface area contributed by atoms with Crippen molar-refractivity contribution in [3.8, 4) is 0 Å². The number of hydrogen-bond donors (Lipinski definition) is 1. The molecule has 26 heavy (non-hydrogen) atoms. The number of carbonyl (C=O) groups excluding carboxylic acids is 2. The first-order valence-corrected chi connectivity index (χ1v) is 8.07. The summed E-state index contributed by atoms with van der Waals surface area (Å²) in [7, 11) is 1.67. The summed E-state index contributed by atoms with van der Waals surface area (Å²) in [5.41, 5.74) is 3.09. The number of fused-ring (bicyclic) bond motifs is 2. The van der Waals surface area contributed by atoms with Gasteiger partial charge in [-0.2, -0.15) is 0 Å². The van der Waals surface area contributed by atoms with E-state index in [1.165, 1.54) is 12.1 Å². The van der Waals surface area contributed by atoms with Crippen LogP contribution in [0.3, 0.4) is 0 Å². The smallest absolute Gasteiger partial charge is 0.230 e. The highest BCUT2D eigenvalue weighted by molar-refractivity contribution is 6.01. The molecule has 0 radical (unpaired) electrons. The van der Waals surface area contributed by atoms with E-state index in [0.717, 1.165) is 5.56 Å². The van der Waals surface area contributed by atoms with Crippen LogP contribution in [0.4, 0.5) is 10.1 Å². The summed E-state index contributed by atoms with van der Waals surface area (Å²) in [5, 5.41) is 10.2. The van der Waals surface area contributed by atoms with Crippen LogP contribution in [0.15, 0.2) is 41.0 Å². The third-order valence-corrected chi connectivity index (χ3v) is 4.47. The van der Waals surface area contributed by atoms with Crippen LogP contribution in [0.5, 0.6) is 0 Å². The number of amides is 2. The molecule has 2 aromatic carbocycles. The van der Waals surface area contributed by atoms with Crippen LogP contribution < -0.4 is 5.32 Å². The molecule has 1 atom stereocenters. The lowest BCUT2D eigenvalue weighted by Gasteiger charge is -2.28. The van der Waals surface area contributed by atoms with Gasteiger partial charge in [-0.05, 0) is 45.7 Å². The van der Waals surface area contributed by atoms with E-state index in [2.05, 4.69) is 20.3 Å². The quantitative estimate of drug-likeness (QED) is 0.780. The van der Waals surface area contributed by atoms with Gasteiger partial charge in [0, 0.05) is 25.7 Å². The average Bonchev–Trinajstić information content (AvgIpc) is 3.07. The molecule has 8 heteroatoms. The van der Waals surface area contributed by atoms with Gasteiger partial charge in [0.15, 0.2) is 0 Å². The highest BCUT2D eigenvalue weighted by Gasteiger charge is 2.32. The maximum absolute atomic E-state index is 13.4. The minimum atomic E-state index is -0.637. The fraction of sp³-hybridized carbons (Fsp3) is 0.222. The van der Waals surface area contributed by atoms with Crippen molar-refractivity contribution in [3.05, 3.63) is 53.3 Å². The first kappa shape index (κ1) is 16.2. The molecule has 1 aliphatic heterocycles. The van der Waals surface area contributed by atoms with Crippen molar-refractivity contribution in [3.63, 3.8) is 0 Å². The number of nitrogens with one attached hydrogen (secondary N) is 1. The van der Waals surface area contributed by atoms with Crippen molar-refractivity contribution >= 4 is 28.5 Å². The average molecular weight is 354 g/mol. The van der Waals surface area contributed by atoms with Crippen molar-refractivity contribution in [2.24, 2.45) is 0 Å². The van der Waals surface area contributed by atoms with Crippen LogP contribution in [-0.4, -0.2) is 34.1 Å². The summed E-state index contributed by atoms with van der Waals surface area (Å²) in [6.07, 6.45) is 0.0358. The SMILES string of the molecule is CN(Cc1ccc2nonc2c1)C(=O)[C@H]1CC(=O)Nc2cc(F)ccc21. The summed E-state index contributed by atoms with van der Waals surface area (Å²) in [6, 6.07) is 9.49. The molecule has 0 aliphatic carbocycles. The summed E-state index contributed by atoms with van der Waals surface area (Å²) in [4.78, 5) is 26.4. The molecule has 7 nitrogen and oxygen atoms in total. The van der Waals surface area contributed by atoms with Crippen LogP contribution in [-0.2, 0) is 16.1 Å². The van der Waals surface area contributed by atoms with E-state index in [0.29, 0.717) is 28.8 Å². The minimum Gasteiger partial charge on any atom is -0.341 e. The zero-order valence-corrected chi connectivity index (χ0v) is 13.9. The van der Waals surface area contributed by atoms with Crippen molar-refractivity contribution in [2.45, 2.75) is 18.9 Å². The second-order valence-corrected chi connectivity index (χ2v) is 6.32. The molecule has 0 fully saturated rings. The molecule has 132 valence electrons. The third kappa shape index (κ3) is 2.90. The van der Waals surface area contributed by atoms with Crippen molar-refractivity contribution < 1.29 is 18.6 Å². The second kappa shape index (κ2) is 6.21. The summed E-state index contributed by atoms with van der Waals surface area (Å²) in [6.45, 7) is 0.344. The number of rotatable bonds is 3. The number of anilines is 1. The van der Waals surface area contributed by atoms with Gasteiger partial charge >= 0.3 is 0 Å². The van der Waals surface area contributed by atoms with Gasteiger partial charge in [0.25, 0.3) is 0 Å². The fourth-order valence-electron chi connectivity index (χ4n) is 3.20. The molecular formula is C18H15FN4O3. The lowest BCUT2D eigenvalue weighted by molar-refractivity contribution is -0.134. The van der Waals surface area contributed by atoms with Crippen LogP contribution in [0, 0.1) is 5.82 Å². The number of benzene rings is 2. The van der Waals surface area contributed by atoms with E-state index >= 15 is 0 Å². The molecule has 0 bridgehead atoms. The van der Waals surface area contributed by atoms with E-state index in [9.17, 15) is 14.0 Å². The molecule has 0 unspecified atom stereocenters. The molecule has 0 saturated heterocycles. The normalized spacial score (nSPS) is 16.2. The van der Waals surface area contributed by atoms with Crippen LogP contribution in [0.1, 0.15) is 23.5 Å². The molecule has 0 saturated carbocycles. The van der Waals surface area contributed by atoms with Gasteiger partial charge in [0.05, 0.1) is 5.92 Å². The Hall–Kier alpha value is -3.29. The topological polar surface area (TPSA) is 88.3 Å². The van der Waals surface area contributed by atoms with E-state index in [1.807, 2.05) is 6.07 Å². The maximum atomic E-state index is 13.4. The molecule has 1 aliphatic rings. The number of halogens is 1. The summed E-state index contributed by atoms with van der Waals surface area (Å²) in [5.74, 6) is -1.60. The van der Waals surface area contributed by atoms with Gasteiger partial charge in [0.2, 0.25) is 11.8 Å². The van der Waals surface area contributed by atoms with Gasteiger partial charge < -0.3 is 10.2 Å². The Morgan fingerprint density at radius 2 is 2.08 bits per heavy atom. The Labute approximate surface area is 147 Å². The van der Waals surface area contributed by atoms with Gasteiger partial charge in [-0.25, -0.2) is 9.02 Å². The van der Waals surface area contributed by atoms with Gasteiger partial charge in [-0.1, -0.05) is 12.1 Å². The molecular weight excluding hydrogens is 339 g/mol. The molecule has 0 spiro atoms. The Morgan fingerprint density at radius 3 is 2.92 bits per heavy atom. The highest BCUT2D eigenvalue weighted by Crippen LogP contribution is 2.34. The number of carbonyl (C=O) groups is 2. The molecule has 1 N–H and O–H groups in total. The lowest BCUT2D eigenvalue weighted by Crippen LogP contribution is -2.36. The third-order valence-electron chi connectivity index (χ3n) is 4.47. The van der Waals surface area contributed by atoms with Gasteiger partial charge in [0.1, 0.15) is 16.9 Å². The zero-order chi connectivity index (χ0) is 18.3. The van der Waals surface area contributed by atoms with E-state index in [-0.39, 0.29) is 18.2 Å². The molecule has 2 heterocycles. The largest absolute Gasteiger partial charge is 0.341 e. The number of hydrogen-bond acceptors (Lipinski definition) is 5. The van der Waals surface area contributed by atoms with E-state index in [4.69, 9.17) is 0 Å². The van der Waals surface area contributed by atoms with Crippen molar-refractivity contribution in [2.75, 3.05) is 12.4 Å². The first-order valence-electron chi connectivity index (χ1n) is 8.07. The summed E-state index contributed by atoms with van der Waals surface area (Å²) < 4.78 is 18.1. The predicted molar refractivity (Wildman–Crippen MR) is 90.7 cm³/mol. The second-order valence-electron chi connectivity index (χ2n) is 6.32. The Kier molecular flexibility index (Phi) is 3.87. The van der Waals surface area contributed by atoms with Crippen LogP contribution >= 0.6 is 0 Å². The number of likely N-dealkylation sites (N-methyl/N-ethyl adjacent to an activating group) is 1. The lowest BCUT2D eigenvalue weighted by atomic mass is 9.89. The van der Waals surface area contributed by atoms with Crippen molar-refractivity contribution in [1.29, 1.82) is 0 Å². The van der Waals surface area contributed by atoms with E-state index in [1.54, 1.807) is 30.1 Å². The Morgan fingerprint density at radius 1 is 1.27 bits per heavy atom. The molecule has 1 aromatic heterocycles. The predicted octanol–water partition coefficient (Wildman–Crippen LogP) is 2.45. The standard InChI is InChI=1S/C18H15FN4O3/c1-23(9-10-2-5-14-16(6-10)22-26-21-14)18(25)13-8-17(24)20-15-7-11(19)3-4-12(13)15/h2-7,13H,8-9H2,1H3,(H,20,24)/t13-/m0/s1. The van der Waals surface area contributed by atoms with Gasteiger partial charge in [-0.3, -0.25) is 9.59 Å². The molecule has 4 rings (SSSR count). The first-order chi connectivity index (χ1) is 12.5. The minimum absolute atomic E-state index is 0.0358. The van der Waals surface area contributed by atoms with Gasteiger partial charge in [-0.15, -0.1) is 0 Å². The summed E-state index contributed by atoms with van der Waals surface area (Å²) >= 11 is 0. The Bertz CT molecular complexity index is 1020. The van der Waals surface area contributed by atoms with E-state index < -0.39 is 11.7 Å².